The number of aryl methyl sites for hydroxylation is 1. The molecule has 3 aromatic rings. The van der Waals surface area contributed by atoms with Crippen LogP contribution >= 0.6 is 0 Å². The molecule has 0 aliphatic carbocycles. The fourth-order valence-electron chi connectivity index (χ4n) is 2.12. The van der Waals surface area contributed by atoms with Crippen molar-refractivity contribution >= 4 is 0 Å². The molecular weight excluding hydrogens is 403 g/mol. The van der Waals surface area contributed by atoms with Crippen molar-refractivity contribution in [3.8, 4) is 23.7 Å². The Balaban J connectivity index is 0.00000243. The average Bonchev–Trinajstić information content (AvgIpc) is 2.63. The van der Waals surface area contributed by atoms with E-state index in [2.05, 4.69) is 29.7 Å². The summed E-state index contributed by atoms with van der Waals surface area (Å²) in [5, 5.41) is 0. The van der Waals surface area contributed by atoms with Crippen molar-refractivity contribution < 1.29 is 41.5 Å². The van der Waals surface area contributed by atoms with Crippen LogP contribution in [0.3, 0.4) is 0 Å². The molecule has 0 amide bonds. The fraction of sp³-hybridized carbons (Fsp3) is 0.0435. The number of hydrogen-bond acceptors (Lipinski definition) is 0. The minimum absolute atomic E-state index is 0. The molecule has 0 saturated carbocycles. The third-order valence-corrected chi connectivity index (χ3v) is 3.55. The van der Waals surface area contributed by atoms with Crippen LogP contribution in [-0.4, -0.2) is 0 Å². The average molecular weight is 416 g/mol. The molecule has 0 nitrogen and oxygen atoms in total. The Morgan fingerprint density at radius 1 is 0.692 bits per heavy atom. The molecule has 0 fully saturated rings. The second kappa shape index (κ2) is 9.44. The first-order valence-electron chi connectivity index (χ1n) is 7.68. The Morgan fingerprint density at radius 2 is 1.27 bits per heavy atom. The fourth-order valence-corrected chi connectivity index (χ4v) is 2.12. The van der Waals surface area contributed by atoms with Gasteiger partial charge in [0.15, 0.2) is 0 Å². The second-order valence-electron chi connectivity index (χ2n) is 5.45. The Labute approximate surface area is 177 Å². The summed E-state index contributed by atoms with van der Waals surface area (Å²) in [5.41, 5.74) is 2.73. The Morgan fingerprint density at radius 3 is 1.88 bits per heavy atom. The van der Waals surface area contributed by atoms with Crippen molar-refractivity contribution in [2.75, 3.05) is 0 Å². The normalized spacial score (nSPS) is 9.19. The maximum atomic E-state index is 14.2. The molecule has 0 bridgehead atoms. The van der Waals surface area contributed by atoms with Crippen molar-refractivity contribution in [2.45, 2.75) is 6.92 Å². The van der Waals surface area contributed by atoms with Crippen LogP contribution < -0.4 is 0 Å². The standard InChI is InChI=1S/C23H13F2.Y/c1-17-7-8-19(15-22(17)24)9-10-20-12-14-21(23(25)16-20)13-11-18-5-3-2-4-6-18;/h3-8,12,14-16H,1H3;/q-1;. The van der Waals surface area contributed by atoms with Gasteiger partial charge in [-0.25, -0.2) is 8.78 Å². The Kier molecular flexibility index (Phi) is 7.29. The van der Waals surface area contributed by atoms with Crippen molar-refractivity contribution in [1.29, 1.82) is 0 Å². The van der Waals surface area contributed by atoms with Crippen molar-refractivity contribution in [3.05, 3.63) is 106 Å². The SMILES string of the molecule is Cc1ccc(C#Cc2ccc(C#Cc3cc[c-]cc3)c(F)c2)cc1F.[Y]. The number of hydrogen-bond donors (Lipinski definition) is 0. The zero-order valence-corrected chi connectivity index (χ0v) is 16.9. The van der Waals surface area contributed by atoms with E-state index in [9.17, 15) is 8.78 Å². The molecule has 0 aliphatic rings. The molecule has 0 N–H and O–H groups in total. The summed E-state index contributed by atoms with van der Waals surface area (Å²) in [6.45, 7) is 1.69. The quantitative estimate of drug-likeness (QED) is 0.363. The van der Waals surface area contributed by atoms with Crippen LogP contribution in [-0.2, 0) is 32.7 Å². The van der Waals surface area contributed by atoms with Crippen LogP contribution in [0.4, 0.5) is 8.78 Å². The van der Waals surface area contributed by atoms with Gasteiger partial charge >= 0.3 is 0 Å². The monoisotopic (exact) mass is 416 g/mol. The molecule has 0 atom stereocenters. The van der Waals surface area contributed by atoms with E-state index in [0.717, 1.165) is 5.56 Å². The first-order chi connectivity index (χ1) is 12.1. The summed E-state index contributed by atoms with van der Waals surface area (Å²) >= 11 is 0. The van der Waals surface area contributed by atoms with Gasteiger partial charge in [-0.2, -0.15) is 30.3 Å². The second-order valence-corrected chi connectivity index (χ2v) is 5.45. The van der Waals surface area contributed by atoms with Gasteiger partial charge in [0, 0.05) is 43.8 Å². The molecule has 3 aromatic carbocycles. The molecule has 1 radical (unpaired) electrons. The van der Waals surface area contributed by atoms with Crippen LogP contribution in [0.1, 0.15) is 27.8 Å². The van der Waals surface area contributed by atoms with Gasteiger partial charge in [-0.1, -0.05) is 35.3 Å². The van der Waals surface area contributed by atoms with Crippen LogP contribution in [0.15, 0.2) is 60.7 Å². The van der Waals surface area contributed by atoms with Crippen LogP contribution in [0.2, 0.25) is 0 Å². The minimum Gasteiger partial charge on any atom is -0.207 e. The summed E-state index contributed by atoms with van der Waals surface area (Å²) in [6.07, 6.45) is 0. The molecule has 3 heteroatoms. The Hall–Kier alpha value is -2.26. The summed E-state index contributed by atoms with van der Waals surface area (Å²) in [6, 6.07) is 19.4. The van der Waals surface area contributed by atoms with Crippen molar-refractivity contribution in [3.63, 3.8) is 0 Å². The van der Waals surface area contributed by atoms with Gasteiger partial charge in [-0.05, 0) is 42.8 Å². The number of halogens is 2. The topological polar surface area (TPSA) is 0 Å². The number of benzene rings is 3. The van der Waals surface area contributed by atoms with Gasteiger partial charge in [-0.15, -0.1) is 0 Å². The van der Waals surface area contributed by atoms with Gasteiger partial charge < -0.3 is 0 Å². The first-order valence-corrected chi connectivity index (χ1v) is 7.68. The summed E-state index contributed by atoms with van der Waals surface area (Å²) in [4.78, 5) is 0. The summed E-state index contributed by atoms with van der Waals surface area (Å²) in [5.74, 6) is 10.7. The van der Waals surface area contributed by atoms with E-state index in [4.69, 9.17) is 0 Å². The van der Waals surface area contributed by atoms with E-state index >= 15 is 0 Å². The molecular formula is C23H13F2Y-. The molecule has 123 valence electrons. The minimum atomic E-state index is -0.433. The molecule has 26 heavy (non-hydrogen) atoms. The van der Waals surface area contributed by atoms with Gasteiger partial charge in [0.25, 0.3) is 0 Å². The maximum Gasteiger partial charge on any atom is 0.140 e. The molecule has 0 saturated heterocycles. The van der Waals surface area contributed by atoms with E-state index in [1.807, 2.05) is 12.1 Å². The van der Waals surface area contributed by atoms with Gasteiger partial charge in [0.1, 0.15) is 11.6 Å². The van der Waals surface area contributed by atoms with Gasteiger partial charge in [0.05, 0.1) is 5.56 Å². The van der Waals surface area contributed by atoms with E-state index in [1.54, 1.807) is 43.3 Å². The predicted octanol–water partition coefficient (Wildman–Crippen LogP) is 4.87. The van der Waals surface area contributed by atoms with Gasteiger partial charge in [0.2, 0.25) is 0 Å². The zero-order chi connectivity index (χ0) is 17.6. The van der Waals surface area contributed by atoms with Crippen LogP contribution in [0.25, 0.3) is 0 Å². The summed E-state index contributed by atoms with van der Waals surface area (Å²) in [7, 11) is 0. The largest absolute Gasteiger partial charge is 0.207 e. The first kappa shape index (κ1) is 20.1. The number of rotatable bonds is 0. The predicted molar refractivity (Wildman–Crippen MR) is 94.8 cm³/mol. The Bertz CT molecular complexity index is 1030. The van der Waals surface area contributed by atoms with Gasteiger partial charge in [-0.3, -0.25) is 0 Å². The third-order valence-electron chi connectivity index (χ3n) is 3.55. The molecule has 3 rings (SSSR count). The summed E-state index contributed by atoms with van der Waals surface area (Å²) < 4.78 is 27.7. The molecule has 0 heterocycles. The third kappa shape index (κ3) is 5.37. The van der Waals surface area contributed by atoms with Crippen molar-refractivity contribution in [2.24, 2.45) is 0 Å². The smallest absolute Gasteiger partial charge is 0.140 e. The van der Waals surface area contributed by atoms with Crippen molar-refractivity contribution in [1.82, 2.24) is 0 Å². The van der Waals surface area contributed by atoms with Crippen LogP contribution in [0.5, 0.6) is 0 Å². The molecule has 0 aliphatic heterocycles. The van der Waals surface area contributed by atoms with E-state index in [1.165, 1.54) is 12.1 Å². The molecule has 0 aromatic heterocycles. The zero-order valence-electron chi connectivity index (χ0n) is 14.1. The maximum absolute atomic E-state index is 14.2. The molecule has 0 spiro atoms. The van der Waals surface area contributed by atoms with Crippen LogP contribution in [0, 0.1) is 48.3 Å². The van der Waals surface area contributed by atoms with E-state index in [-0.39, 0.29) is 38.5 Å². The van der Waals surface area contributed by atoms with E-state index < -0.39 is 5.82 Å². The van der Waals surface area contributed by atoms with E-state index in [0.29, 0.717) is 22.3 Å². The molecule has 0 unspecified atom stereocenters.